The molecule has 8 rings (SSSR count). The Bertz CT molecular complexity index is 1860. The fourth-order valence-electron chi connectivity index (χ4n) is 5.32. The van der Waals surface area contributed by atoms with E-state index in [0.717, 1.165) is 5.69 Å². The summed E-state index contributed by atoms with van der Waals surface area (Å²) in [6.45, 7) is 0. The molecule has 6 aromatic carbocycles. The van der Waals surface area contributed by atoms with Crippen molar-refractivity contribution in [2.45, 2.75) is 19.6 Å². The van der Waals surface area contributed by atoms with Gasteiger partial charge in [0.05, 0.1) is 22.7 Å². The smallest absolute Gasteiger partial charge is 0.0612 e. The third-order valence-electron chi connectivity index (χ3n) is 6.99. The average molecular weight is 497 g/mol. The lowest BCUT2D eigenvalue weighted by atomic mass is 9.95. The summed E-state index contributed by atoms with van der Waals surface area (Å²) >= 11 is 3.72. The highest BCUT2D eigenvalue weighted by atomic mass is 32.2. The molecule has 0 saturated carbocycles. The van der Waals surface area contributed by atoms with Crippen LogP contribution in [0.15, 0.2) is 129 Å². The first-order valence-corrected chi connectivity index (χ1v) is 13.7. The van der Waals surface area contributed by atoms with Gasteiger partial charge in [0.15, 0.2) is 0 Å². The van der Waals surface area contributed by atoms with E-state index in [2.05, 4.69) is 120 Å². The molecular formula is C32H20N2S2. The van der Waals surface area contributed by atoms with Crippen LogP contribution in [0.2, 0.25) is 0 Å². The van der Waals surface area contributed by atoms with E-state index in [1.165, 1.54) is 69.3 Å². The third kappa shape index (κ3) is 3.08. The maximum absolute atomic E-state index is 3.87. The molecule has 0 fully saturated rings. The molecule has 4 heteroatoms. The molecule has 0 atom stereocenters. The van der Waals surface area contributed by atoms with Gasteiger partial charge in [-0.3, -0.25) is 0 Å². The van der Waals surface area contributed by atoms with Gasteiger partial charge in [0, 0.05) is 30.7 Å². The molecular weight excluding hydrogens is 477 g/mol. The number of anilines is 4. The van der Waals surface area contributed by atoms with E-state index < -0.39 is 0 Å². The van der Waals surface area contributed by atoms with E-state index in [0.29, 0.717) is 0 Å². The van der Waals surface area contributed by atoms with Crippen molar-refractivity contribution in [2.24, 2.45) is 0 Å². The summed E-state index contributed by atoms with van der Waals surface area (Å²) < 4.78 is 0. The predicted octanol–water partition coefficient (Wildman–Crippen LogP) is 10.1. The summed E-state index contributed by atoms with van der Waals surface area (Å²) in [5.74, 6) is 0. The van der Waals surface area contributed by atoms with Gasteiger partial charge in [-0.25, -0.2) is 0 Å². The molecule has 2 nitrogen and oxygen atoms in total. The van der Waals surface area contributed by atoms with Gasteiger partial charge in [0.2, 0.25) is 0 Å². The van der Waals surface area contributed by atoms with Crippen molar-refractivity contribution in [3.05, 3.63) is 109 Å². The second kappa shape index (κ2) is 7.82. The second-order valence-corrected chi connectivity index (χ2v) is 11.3. The van der Waals surface area contributed by atoms with Crippen LogP contribution in [0, 0.1) is 0 Å². The molecule has 2 heterocycles. The Morgan fingerprint density at radius 3 is 2.11 bits per heavy atom. The predicted molar refractivity (Wildman–Crippen MR) is 155 cm³/mol. The standard InChI is InChI=1S/C32H20N2S2/c1-2-9-20-17-28-26(16-19(20)8-1)34-31-29(35-28)18-21-10-3-4-11-22(21)30(31)23-12-7-14-25-32(23)36-27-15-6-5-13-24(27)33-25/h1-18,33-34H. The van der Waals surface area contributed by atoms with Crippen LogP contribution >= 0.6 is 23.5 Å². The minimum absolute atomic E-state index is 1.16. The van der Waals surface area contributed by atoms with E-state index in [1.54, 1.807) is 0 Å². The highest BCUT2D eigenvalue weighted by Gasteiger charge is 2.26. The van der Waals surface area contributed by atoms with Gasteiger partial charge in [0.1, 0.15) is 0 Å². The third-order valence-corrected chi connectivity index (χ3v) is 9.31. The second-order valence-electron chi connectivity index (χ2n) is 9.17. The van der Waals surface area contributed by atoms with Gasteiger partial charge in [-0.2, -0.15) is 0 Å². The van der Waals surface area contributed by atoms with Gasteiger partial charge in [0.25, 0.3) is 0 Å². The number of para-hydroxylation sites is 1. The van der Waals surface area contributed by atoms with Gasteiger partial charge in [-0.15, -0.1) is 0 Å². The fraction of sp³-hybridized carbons (Fsp3) is 0. The SMILES string of the molecule is c1ccc2c(c1)Nc1cccc(-c3c4c(cc5ccccc35)Sc3cc5ccccc5cc3N4)c1S2. The quantitative estimate of drug-likeness (QED) is 0.236. The van der Waals surface area contributed by atoms with Crippen LogP contribution in [-0.4, -0.2) is 0 Å². The highest BCUT2D eigenvalue weighted by Crippen LogP contribution is 2.55. The molecule has 0 aliphatic carbocycles. The molecule has 0 unspecified atom stereocenters. The Labute approximate surface area is 217 Å². The minimum atomic E-state index is 1.16. The summed E-state index contributed by atoms with van der Waals surface area (Å²) in [4.78, 5) is 5.05. The molecule has 0 saturated heterocycles. The van der Waals surface area contributed by atoms with Crippen molar-refractivity contribution in [3.63, 3.8) is 0 Å². The number of hydrogen-bond donors (Lipinski definition) is 2. The largest absolute Gasteiger partial charge is 0.354 e. The average Bonchev–Trinajstić information content (AvgIpc) is 2.92. The molecule has 36 heavy (non-hydrogen) atoms. The van der Waals surface area contributed by atoms with Crippen LogP contribution in [-0.2, 0) is 0 Å². The molecule has 170 valence electrons. The molecule has 0 aromatic heterocycles. The summed E-state index contributed by atoms with van der Waals surface area (Å²) in [6.07, 6.45) is 0. The Kier molecular flexibility index (Phi) is 4.42. The molecule has 0 spiro atoms. The lowest BCUT2D eigenvalue weighted by Crippen LogP contribution is -2.05. The Balaban J connectivity index is 1.38. The number of rotatable bonds is 1. The Hall–Kier alpha value is -3.86. The minimum Gasteiger partial charge on any atom is -0.354 e. The van der Waals surface area contributed by atoms with Crippen molar-refractivity contribution in [1.82, 2.24) is 0 Å². The maximum atomic E-state index is 3.87. The lowest BCUT2D eigenvalue weighted by Gasteiger charge is -2.28. The van der Waals surface area contributed by atoms with Gasteiger partial charge >= 0.3 is 0 Å². The van der Waals surface area contributed by atoms with E-state index in [4.69, 9.17) is 0 Å². The summed E-state index contributed by atoms with van der Waals surface area (Å²) in [6, 6.07) is 39.4. The number of benzene rings is 6. The van der Waals surface area contributed by atoms with Crippen molar-refractivity contribution < 1.29 is 0 Å². The zero-order chi connectivity index (χ0) is 23.6. The summed E-state index contributed by atoms with van der Waals surface area (Å²) in [5.41, 5.74) is 7.21. The number of hydrogen-bond acceptors (Lipinski definition) is 4. The topological polar surface area (TPSA) is 24.1 Å². The highest BCUT2D eigenvalue weighted by molar-refractivity contribution is 8.00. The van der Waals surface area contributed by atoms with Crippen LogP contribution in [0.25, 0.3) is 32.7 Å². The van der Waals surface area contributed by atoms with Crippen LogP contribution in [0.1, 0.15) is 0 Å². The van der Waals surface area contributed by atoms with Gasteiger partial charge < -0.3 is 10.6 Å². The number of nitrogens with one attached hydrogen (secondary N) is 2. The molecule has 2 aliphatic heterocycles. The van der Waals surface area contributed by atoms with Crippen molar-refractivity contribution >= 4 is 67.8 Å². The van der Waals surface area contributed by atoms with Crippen LogP contribution in [0.4, 0.5) is 22.7 Å². The van der Waals surface area contributed by atoms with E-state index in [9.17, 15) is 0 Å². The van der Waals surface area contributed by atoms with E-state index in [1.807, 2.05) is 23.5 Å². The summed E-state index contributed by atoms with van der Waals surface area (Å²) in [7, 11) is 0. The molecule has 6 aromatic rings. The lowest BCUT2D eigenvalue weighted by molar-refractivity contribution is 1.30. The fourth-order valence-corrected chi connectivity index (χ4v) is 7.51. The summed E-state index contributed by atoms with van der Waals surface area (Å²) in [5, 5.41) is 12.6. The Morgan fingerprint density at radius 2 is 1.19 bits per heavy atom. The van der Waals surface area contributed by atoms with E-state index >= 15 is 0 Å². The normalized spacial score (nSPS) is 13.2. The van der Waals surface area contributed by atoms with Crippen molar-refractivity contribution in [1.29, 1.82) is 0 Å². The molecule has 0 bridgehead atoms. The monoisotopic (exact) mass is 496 g/mol. The number of fused-ring (bicyclic) bond motifs is 6. The zero-order valence-corrected chi connectivity index (χ0v) is 20.8. The Morgan fingerprint density at radius 1 is 0.472 bits per heavy atom. The molecule has 0 radical (unpaired) electrons. The van der Waals surface area contributed by atoms with Crippen molar-refractivity contribution in [3.8, 4) is 11.1 Å². The molecule has 2 aliphatic rings. The van der Waals surface area contributed by atoms with E-state index in [-0.39, 0.29) is 0 Å². The first-order valence-electron chi connectivity index (χ1n) is 12.0. The van der Waals surface area contributed by atoms with Crippen LogP contribution in [0.5, 0.6) is 0 Å². The molecule has 0 amide bonds. The van der Waals surface area contributed by atoms with Crippen LogP contribution in [0.3, 0.4) is 0 Å². The maximum Gasteiger partial charge on any atom is 0.0612 e. The zero-order valence-electron chi connectivity index (χ0n) is 19.2. The van der Waals surface area contributed by atoms with Crippen molar-refractivity contribution in [2.75, 3.05) is 10.6 Å². The first-order chi connectivity index (χ1) is 17.8. The van der Waals surface area contributed by atoms with Gasteiger partial charge in [-0.05, 0) is 57.9 Å². The van der Waals surface area contributed by atoms with Crippen LogP contribution < -0.4 is 10.6 Å². The first kappa shape index (κ1) is 20.3. The molecule has 2 N–H and O–H groups in total. The van der Waals surface area contributed by atoms with Gasteiger partial charge in [-0.1, -0.05) is 96.3 Å².